The average molecular weight is 302 g/mol. The van der Waals surface area contributed by atoms with Crippen molar-refractivity contribution in [3.63, 3.8) is 0 Å². The highest BCUT2D eigenvalue weighted by Gasteiger charge is 2.31. The lowest BCUT2D eigenvalue weighted by Crippen LogP contribution is -2.49. The van der Waals surface area contributed by atoms with E-state index in [1.165, 1.54) is 0 Å². The first-order valence-electron chi connectivity index (χ1n) is 7.08. The lowest BCUT2D eigenvalue weighted by molar-refractivity contribution is -0.143. The molecule has 5 nitrogen and oxygen atoms in total. The monoisotopic (exact) mass is 302 g/mol. The zero-order valence-corrected chi connectivity index (χ0v) is 13.6. The first kappa shape index (κ1) is 17.1. The molecule has 2 unspecified atom stereocenters. The maximum absolute atomic E-state index is 12.0. The van der Waals surface area contributed by atoms with Crippen LogP contribution < -0.4 is 5.32 Å². The molecule has 0 aromatic carbocycles. The van der Waals surface area contributed by atoms with Crippen molar-refractivity contribution in [3.8, 4) is 0 Å². The van der Waals surface area contributed by atoms with E-state index in [-0.39, 0.29) is 16.7 Å². The maximum Gasteiger partial charge on any atom is 0.317 e. The second-order valence-corrected chi connectivity index (χ2v) is 8.40. The number of carbonyl (C=O) groups is 2. The number of amides is 2. The Morgan fingerprint density at radius 1 is 1.35 bits per heavy atom. The summed E-state index contributed by atoms with van der Waals surface area (Å²) in [5, 5.41) is 12.0. The van der Waals surface area contributed by atoms with E-state index in [1.807, 2.05) is 6.92 Å². The second kappa shape index (κ2) is 7.20. The van der Waals surface area contributed by atoms with Gasteiger partial charge in [0.2, 0.25) is 0 Å². The van der Waals surface area contributed by atoms with Gasteiger partial charge in [0.1, 0.15) is 0 Å². The Hall–Kier alpha value is -0.910. The molecule has 0 aromatic heterocycles. The molecule has 0 bridgehead atoms. The Balaban J connectivity index is 2.37. The summed E-state index contributed by atoms with van der Waals surface area (Å²) in [7, 11) is 0. The van der Waals surface area contributed by atoms with Gasteiger partial charge < -0.3 is 15.3 Å². The van der Waals surface area contributed by atoms with Crippen molar-refractivity contribution in [3.05, 3.63) is 0 Å². The topological polar surface area (TPSA) is 69.6 Å². The van der Waals surface area contributed by atoms with Crippen LogP contribution in [-0.2, 0) is 4.79 Å². The van der Waals surface area contributed by atoms with Crippen molar-refractivity contribution in [1.82, 2.24) is 10.2 Å². The number of carboxylic acids is 1. The molecule has 1 aliphatic rings. The fourth-order valence-corrected chi connectivity index (χ4v) is 3.14. The van der Waals surface area contributed by atoms with Gasteiger partial charge in [-0.3, -0.25) is 4.79 Å². The zero-order chi connectivity index (χ0) is 15.3. The lowest BCUT2D eigenvalue weighted by Gasteiger charge is -2.34. The molecular formula is C14H26N2O3S. The van der Waals surface area contributed by atoms with Gasteiger partial charge in [-0.15, -0.1) is 0 Å². The van der Waals surface area contributed by atoms with E-state index >= 15 is 0 Å². The van der Waals surface area contributed by atoms with E-state index in [0.29, 0.717) is 26.1 Å². The number of urea groups is 1. The number of nitrogens with zero attached hydrogens (tertiary/aromatic N) is 1. The van der Waals surface area contributed by atoms with Gasteiger partial charge in [0, 0.05) is 30.1 Å². The second-order valence-electron chi connectivity index (χ2n) is 6.47. The zero-order valence-electron chi connectivity index (χ0n) is 12.8. The smallest absolute Gasteiger partial charge is 0.317 e. The molecule has 0 spiro atoms. The van der Waals surface area contributed by atoms with Crippen LogP contribution in [0.4, 0.5) is 4.79 Å². The minimum Gasteiger partial charge on any atom is -0.481 e. The predicted octanol–water partition coefficient (Wildman–Crippen LogP) is 2.27. The molecule has 2 atom stereocenters. The first-order valence-corrected chi connectivity index (χ1v) is 8.07. The molecule has 6 heteroatoms. The van der Waals surface area contributed by atoms with Gasteiger partial charge in [0.05, 0.1) is 5.92 Å². The third-order valence-corrected chi connectivity index (χ3v) is 4.48. The molecule has 1 fully saturated rings. The fourth-order valence-electron chi connectivity index (χ4n) is 2.32. The van der Waals surface area contributed by atoms with Crippen LogP contribution in [0.2, 0.25) is 0 Å². The molecule has 116 valence electrons. The molecule has 1 rings (SSSR count). The number of thioether (sulfide) groups is 1. The van der Waals surface area contributed by atoms with Crippen molar-refractivity contribution < 1.29 is 14.7 Å². The van der Waals surface area contributed by atoms with E-state index in [1.54, 1.807) is 16.7 Å². The Bertz CT molecular complexity index is 355. The minimum atomic E-state index is -0.808. The molecule has 0 aliphatic carbocycles. The maximum atomic E-state index is 12.0. The highest BCUT2D eigenvalue weighted by molar-refractivity contribution is 8.00. The molecule has 0 aromatic rings. The van der Waals surface area contributed by atoms with Crippen LogP contribution in [0.3, 0.4) is 0 Å². The normalized spacial score (nSPS) is 23.5. The standard InChI is InChI=1S/C14H26N2O3S/c1-10-7-11(12(17)18)9-16(8-10)13(19)15-5-6-20-14(2,3)4/h10-11H,5-9H2,1-4H3,(H,15,19)(H,17,18). The molecule has 0 radical (unpaired) electrons. The van der Waals surface area contributed by atoms with Gasteiger partial charge in [0.25, 0.3) is 0 Å². The van der Waals surface area contributed by atoms with Crippen molar-refractivity contribution in [2.24, 2.45) is 11.8 Å². The summed E-state index contributed by atoms with van der Waals surface area (Å²) in [6.07, 6.45) is 0.652. The summed E-state index contributed by atoms with van der Waals surface area (Å²) in [6, 6.07) is -0.141. The Labute approximate surface area is 125 Å². The van der Waals surface area contributed by atoms with E-state index in [0.717, 1.165) is 5.75 Å². The molecule has 20 heavy (non-hydrogen) atoms. The summed E-state index contributed by atoms with van der Waals surface area (Å²) >= 11 is 1.80. The van der Waals surface area contributed by atoms with Crippen LogP contribution in [0.15, 0.2) is 0 Å². The van der Waals surface area contributed by atoms with E-state index in [4.69, 9.17) is 5.11 Å². The molecule has 2 N–H and O–H groups in total. The summed E-state index contributed by atoms with van der Waals surface area (Å²) in [5.74, 6) is -0.147. The van der Waals surface area contributed by atoms with Gasteiger partial charge >= 0.3 is 12.0 Å². The number of likely N-dealkylation sites (tertiary alicyclic amines) is 1. The quantitative estimate of drug-likeness (QED) is 0.782. The van der Waals surface area contributed by atoms with Gasteiger partial charge in [-0.25, -0.2) is 4.79 Å². The Morgan fingerprint density at radius 3 is 2.55 bits per heavy atom. The number of carbonyl (C=O) groups excluding carboxylic acids is 1. The number of aliphatic carboxylic acids is 1. The van der Waals surface area contributed by atoms with Crippen molar-refractivity contribution in [2.45, 2.75) is 38.9 Å². The SMILES string of the molecule is CC1CC(C(=O)O)CN(C(=O)NCCSC(C)(C)C)C1. The number of nitrogens with one attached hydrogen (secondary N) is 1. The van der Waals surface area contributed by atoms with Crippen LogP contribution >= 0.6 is 11.8 Å². The van der Waals surface area contributed by atoms with Crippen LogP contribution in [-0.4, -0.2) is 52.1 Å². The van der Waals surface area contributed by atoms with Crippen LogP contribution in [0, 0.1) is 11.8 Å². The minimum absolute atomic E-state index is 0.141. The summed E-state index contributed by atoms with van der Waals surface area (Å²) in [6.45, 7) is 9.99. The van der Waals surface area contributed by atoms with Gasteiger partial charge in [-0.05, 0) is 12.3 Å². The third-order valence-electron chi connectivity index (χ3n) is 3.21. The van der Waals surface area contributed by atoms with Crippen LogP contribution in [0.1, 0.15) is 34.1 Å². The Kier molecular flexibility index (Phi) is 6.17. The average Bonchev–Trinajstić information content (AvgIpc) is 2.32. The number of rotatable bonds is 4. The molecule has 2 amide bonds. The summed E-state index contributed by atoms with van der Waals surface area (Å²) in [4.78, 5) is 24.8. The van der Waals surface area contributed by atoms with E-state index in [9.17, 15) is 9.59 Å². The van der Waals surface area contributed by atoms with Crippen molar-refractivity contribution in [1.29, 1.82) is 0 Å². The number of hydrogen-bond acceptors (Lipinski definition) is 3. The molecule has 1 aliphatic heterocycles. The van der Waals surface area contributed by atoms with Gasteiger partial charge in [-0.1, -0.05) is 27.7 Å². The molecule has 1 heterocycles. The van der Waals surface area contributed by atoms with Crippen LogP contribution in [0.5, 0.6) is 0 Å². The summed E-state index contributed by atoms with van der Waals surface area (Å²) in [5.41, 5.74) is 0. The molecular weight excluding hydrogens is 276 g/mol. The van der Waals surface area contributed by atoms with Crippen molar-refractivity contribution >= 4 is 23.8 Å². The lowest BCUT2D eigenvalue weighted by atomic mass is 9.91. The first-order chi connectivity index (χ1) is 9.19. The fraction of sp³-hybridized carbons (Fsp3) is 0.857. The third kappa shape index (κ3) is 6.03. The predicted molar refractivity (Wildman–Crippen MR) is 82.1 cm³/mol. The Morgan fingerprint density at radius 2 is 2.00 bits per heavy atom. The number of hydrogen-bond donors (Lipinski definition) is 2. The summed E-state index contributed by atoms with van der Waals surface area (Å²) < 4.78 is 0.193. The highest BCUT2D eigenvalue weighted by atomic mass is 32.2. The highest BCUT2D eigenvalue weighted by Crippen LogP contribution is 2.23. The number of piperidine rings is 1. The molecule has 0 saturated carbocycles. The van der Waals surface area contributed by atoms with Crippen LogP contribution in [0.25, 0.3) is 0 Å². The molecule has 1 saturated heterocycles. The van der Waals surface area contributed by atoms with Crippen molar-refractivity contribution in [2.75, 3.05) is 25.4 Å². The largest absolute Gasteiger partial charge is 0.481 e. The van der Waals surface area contributed by atoms with E-state index in [2.05, 4.69) is 26.1 Å². The number of carboxylic acid groups (broad SMARTS) is 1. The van der Waals surface area contributed by atoms with E-state index < -0.39 is 11.9 Å². The van der Waals surface area contributed by atoms with Gasteiger partial charge in [0.15, 0.2) is 0 Å². The van der Waals surface area contributed by atoms with Gasteiger partial charge in [-0.2, -0.15) is 11.8 Å².